The minimum Gasteiger partial charge on any atom is -0.480 e. The van der Waals surface area contributed by atoms with Gasteiger partial charge in [0.15, 0.2) is 0 Å². The van der Waals surface area contributed by atoms with Crippen molar-refractivity contribution >= 4 is 46.4 Å². The predicted octanol–water partition coefficient (Wildman–Crippen LogP) is -1.76. The smallest absolute Gasteiger partial charge is 0.326 e. The van der Waals surface area contributed by atoms with Gasteiger partial charge in [0.1, 0.15) is 18.1 Å². The quantitative estimate of drug-likeness (QED) is 0.0839. The molecular formula is C27H40N8O7. The first-order chi connectivity index (χ1) is 19.9. The van der Waals surface area contributed by atoms with Gasteiger partial charge in [0.25, 0.3) is 0 Å². The number of para-hydroxylation sites is 1. The van der Waals surface area contributed by atoms with Gasteiger partial charge in [-0.15, -0.1) is 0 Å². The molecular weight excluding hydrogens is 548 g/mol. The highest BCUT2D eigenvalue weighted by Gasteiger charge is 2.31. The summed E-state index contributed by atoms with van der Waals surface area (Å²) in [7, 11) is 0. The number of amides is 5. The van der Waals surface area contributed by atoms with Crippen LogP contribution >= 0.6 is 0 Å². The lowest BCUT2D eigenvalue weighted by Crippen LogP contribution is -2.57. The summed E-state index contributed by atoms with van der Waals surface area (Å²) in [5, 5.41) is 17.9. The SMILES string of the molecule is NCCCCC(NC(=O)C(Cc1c[nH]c2ccccc12)NC(=O)C(N)CCC(N)=O)C(=O)NC(CCC(N)=O)C(=O)O. The standard InChI is InChI=1S/C27H40N8O7/c28-12-4-3-7-19(25(39)34-20(27(41)42)9-11-23(31)37)33-26(40)21(35-24(38)17(29)8-10-22(30)36)13-15-14-32-18-6-2-1-5-16(15)18/h1-2,5-6,14,17,19-21,32H,3-4,7-13,28-29H2,(H2,30,36)(H2,31,37)(H,33,40)(H,34,39)(H,35,38)(H,41,42). The molecule has 2 rings (SSSR count). The highest BCUT2D eigenvalue weighted by molar-refractivity contribution is 5.95. The van der Waals surface area contributed by atoms with Crippen molar-refractivity contribution in [1.29, 1.82) is 0 Å². The number of fused-ring (bicyclic) bond motifs is 1. The zero-order valence-corrected chi connectivity index (χ0v) is 23.3. The highest BCUT2D eigenvalue weighted by atomic mass is 16.4. The van der Waals surface area contributed by atoms with Crippen LogP contribution in [0, 0.1) is 0 Å². The lowest BCUT2D eigenvalue weighted by Gasteiger charge is -2.25. The minimum atomic E-state index is -1.41. The Morgan fingerprint density at radius 2 is 1.38 bits per heavy atom. The first-order valence-corrected chi connectivity index (χ1v) is 13.6. The van der Waals surface area contributed by atoms with Gasteiger partial charge >= 0.3 is 5.97 Å². The Bertz CT molecular complexity index is 1260. The van der Waals surface area contributed by atoms with Crippen molar-refractivity contribution in [2.24, 2.45) is 22.9 Å². The summed E-state index contributed by atoms with van der Waals surface area (Å²) in [5.74, 6) is -4.93. The zero-order chi connectivity index (χ0) is 31.2. The number of aromatic nitrogens is 1. The van der Waals surface area contributed by atoms with Gasteiger partial charge in [-0.1, -0.05) is 18.2 Å². The normalized spacial score (nSPS) is 13.9. The van der Waals surface area contributed by atoms with Gasteiger partial charge in [0.05, 0.1) is 6.04 Å². The van der Waals surface area contributed by atoms with E-state index in [1.54, 1.807) is 6.20 Å². The van der Waals surface area contributed by atoms with E-state index >= 15 is 0 Å². The molecule has 0 spiro atoms. The highest BCUT2D eigenvalue weighted by Crippen LogP contribution is 2.19. The number of hydrogen-bond donors (Lipinski definition) is 9. The van der Waals surface area contributed by atoms with Crippen LogP contribution in [0.5, 0.6) is 0 Å². The van der Waals surface area contributed by atoms with E-state index in [2.05, 4.69) is 20.9 Å². The Labute approximate surface area is 242 Å². The van der Waals surface area contributed by atoms with Crippen LogP contribution in [0.2, 0.25) is 0 Å². The second-order valence-corrected chi connectivity index (χ2v) is 9.99. The molecule has 0 saturated heterocycles. The maximum Gasteiger partial charge on any atom is 0.326 e. The summed E-state index contributed by atoms with van der Waals surface area (Å²) in [5.41, 5.74) is 23.3. The topological polar surface area (TPSA) is 279 Å². The summed E-state index contributed by atoms with van der Waals surface area (Å²) < 4.78 is 0. The molecule has 5 amide bonds. The number of carbonyl (C=O) groups is 6. The number of carboxylic acid groups (broad SMARTS) is 1. The number of benzene rings is 1. The number of aliphatic carboxylic acids is 1. The molecule has 13 N–H and O–H groups in total. The third kappa shape index (κ3) is 10.8. The molecule has 2 aromatic rings. The summed E-state index contributed by atoms with van der Waals surface area (Å²) in [6.07, 6.45) is 2.16. The molecule has 230 valence electrons. The van der Waals surface area contributed by atoms with Crippen LogP contribution in [0.3, 0.4) is 0 Å². The predicted molar refractivity (Wildman–Crippen MR) is 153 cm³/mol. The monoisotopic (exact) mass is 588 g/mol. The molecule has 0 aliphatic heterocycles. The van der Waals surface area contributed by atoms with E-state index in [1.165, 1.54) is 0 Å². The number of aromatic amines is 1. The molecule has 1 heterocycles. The lowest BCUT2D eigenvalue weighted by atomic mass is 10.0. The first kappa shape index (κ1) is 33.7. The summed E-state index contributed by atoms with van der Waals surface area (Å²) in [6, 6.07) is 2.45. The number of carboxylic acids is 1. The molecule has 0 aliphatic rings. The number of carbonyl (C=O) groups excluding carboxylic acids is 5. The van der Waals surface area contributed by atoms with Crippen LogP contribution in [0.1, 0.15) is 50.5 Å². The number of nitrogens with two attached hydrogens (primary N) is 4. The Kier molecular flexibility index (Phi) is 13.4. The second-order valence-electron chi connectivity index (χ2n) is 9.99. The average Bonchev–Trinajstić information content (AvgIpc) is 3.35. The van der Waals surface area contributed by atoms with Crippen LogP contribution in [0.25, 0.3) is 10.9 Å². The Balaban J connectivity index is 2.29. The Hall–Kier alpha value is -4.50. The minimum absolute atomic E-state index is 0.0254. The number of H-pyrrole nitrogens is 1. The van der Waals surface area contributed by atoms with Crippen LogP contribution in [-0.4, -0.2) is 76.3 Å². The van der Waals surface area contributed by atoms with Crippen molar-refractivity contribution in [3.8, 4) is 0 Å². The van der Waals surface area contributed by atoms with Crippen molar-refractivity contribution in [3.05, 3.63) is 36.0 Å². The lowest BCUT2D eigenvalue weighted by molar-refractivity contribution is -0.142. The van der Waals surface area contributed by atoms with Gasteiger partial charge in [0.2, 0.25) is 29.5 Å². The molecule has 15 heteroatoms. The molecule has 0 radical (unpaired) electrons. The van der Waals surface area contributed by atoms with E-state index in [0.29, 0.717) is 24.9 Å². The molecule has 0 bridgehead atoms. The molecule has 1 aromatic heterocycles. The first-order valence-electron chi connectivity index (χ1n) is 13.6. The molecule has 1 aromatic carbocycles. The maximum absolute atomic E-state index is 13.6. The molecule has 42 heavy (non-hydrogen) atoms. The van der Waals surface area contributed by atoms with Crippen LogP contribution < -0.4 is 38.9 Å². The van der Waals surface area contributed by atoms with Gasteiger partial charge in [-0.25, -0.2) is 4.79 Å². The van der Waals surface area contributed by atoms with E-state index < -0.39 is 59.7 Å². The van der Waals surface area contributed by atoms with Gasteiger partial charge in [0, 0.05) is 36.4 Å². The van der Waals surface area contributed by atoms with Crippen molar-refractivity contribution in [2.45, 2.75) is 75.5 Å². The number of hydrogen-bond acceptors (Lipinski definition) is 8. The van der Waals surface area contributed by atoms with E-state index in [9.17, 15) is 33.9 Å². The second kappa shape index (κ2) is 16.7. The largest absolute Gasteiger partial charge is 0.480 e. The van der Waals surface area contributed by atoms with Crippen molar-refractivity contribution in [1.82, 2.24) is 20.9 Å². The fourth-order valence-corrected chi connectivity index (χ4v) is 4.29. The third-order valence-electron chi connectivity index (χ3n) is 6.64. The number of primary amides is 2. The summed E-state index contributed by atoms with van der Waals surface area (Å²) in [6.45, 7) is 0.334. The molecule has 15 nitrogen and oxygen atoms in total. The summed E-state index contributed by atoms with van der Waals surface area (Å²) in [4.78, 5) is 76.6. The van der Waals surface area contributed by atoms with E-state index in [4.69, 9.17) is 22.9 Å². The number of unbranched alkanes of at least 4 members (excludes halogenated alkanes) is 1. The van der Waals surface area contributed by atoms with Crippen molar-refractivity contribution in [3.63, 3.8) is 0 Å². The molecule has 0 aliphatic carbocycles. The van der Waals surface area contributed by atoms with Gasteiger partial charge in [-0.3, -0.25) is 24.0 Å². The van der Waals surface area contributed by atoms with E-state index in [1.807, 2.05) is 24.3 Å². The number of rotatable bonds is 19. The third-order valence-corrected chi connectivity index (χ3v) is 6.64. The van der Waals surface area contributed by atoms with Gasteiger partial charge in [-0.2, -0.15) is 0 Å². The Morgan fingerprint density at radius 1 is 0.786 bits per heavy atom. The maximum atomic E-state index is 13.6. The molecule has 4 atom stereocenters. The summed E-state index contributed by atoms with van der Waals surface area (Å²) >= 11 is 0. The van der Waals surface area contributed by atoms with Gasteiger partial charge in [-0.05, 0) is 50.3 Å². The van der Waals surface area contributed by atoms with Crippen LogP contribution in [0.4, 0.5) is 0 Å². The Morgan fingerprint density at radius 3 is 2.02 bits per heavy atom. The van der Waals surface area contributed by atoms with E-state index in [-0.39, 0.29) is 38.5 Å². The molecule has 4 unspecified atom stereocenters. The average molecular weight is 589 g/mol. The van der Waals surface area contributed by atoms with Crippen molar-refractivity contribution < 1.29 is 33.9 Å². The number of nitrogens with one attached hydrogen (secondary N) is 4. The fraction of sp³-hybridized carbons (Fsp3) is 0.481. The molecule has 0 fully saturated rings. The van der Waals surface area contributed by atoms with E-state index in [0.717, 1.165) is 10.9 Å². The van der Waals surface area contributed by atoms with Gasteiger partial charge < -0.3 is 49.0 Å². The van der Waals surface area contributed by atoms with Crippen LogP contribution in [0.15, 0.2) is 30.5 Å². The van der Waals surface area contributed by atoms with Crippen molar-refractivity contribution in [2.75, 3.05) is 6.54 Å². The molecule has 0 saturated carbocycles. The zero-order valence-electron chi connectivity index (χ0n) is 23.3. The van der Waals surface area contributed by atoms with Crippen LogP contribution in [-0.2, 0) is 35.2 Å². The fourth-order valence-electron chi connectivity index (χ4n) is 4.29.